The zero-order valence-electron chi connectivity index (χ0n) is 15.5. The van der Waals surface area contributed by atoms with Gasteiger partial charge in [0.2, 0.25) is 5.91 Å². The van der Waals surface area contributed by atoms with Crippen LogP contribution < -0.4 is 10.6 Å². The maximum atomic E-state index is 12.9. The number of aromatic nitrogens is 1. The number of hydrogen-bond acceptors (Lipinski definition) is 5. The predicted octanol–water partition coefficient (Wildman–Crippen LogP) is 2.25. The number of piperidine rings is 1. The van der Waals surface area contributed by atoms with Crippen molar-refractivity contribution >= 4 is 5.91 Å². The first-order valence-electron chi connectivity index (χ1n) is 9.61. The molecule has 1 aromatic rings. The highest BCUT2D eigenvalue weighted by molar-refractivity contribution is 5.83. The molecule has 2 atom stereocenters. The van der Waals surface area contributed by atoms with E-state index < -0.39 is 5.41 Å². The lowest BCUT2D eigenvalue weighted by Crippen LogP contribution is -2.52. The summed E-state index contributed by atoms with van der Waals surface area (Å²) >= 11 is 0. The molecular formula is C19H31N3O3. The number of nitrogens with zero attached hydrogens (tertiary/aromatic N) is 1. The molecule has 3 rings (SSSR count). The zero-order valence-corrected chi connectivity index (χ0v) is 15.5. The van der Waals surface area contributed by atoms with Crippen LogP contribution in [0.2, 0.25) is 0 Å². The topological polar surface area (TPSA) is 76.4 Å². The molecule has 6 nitrogen and oxygen atoms in total. The molecular weight excluding hydrogens is 318 g/mol. The summed E-state index contributed by atoms with van der Waals surface area (Å²) in [7, 11) is 0. The van der Waals surface area contributed by atoms with Crippen molar-refractivity contribution in [1.82, 2.24) is 15.8 Å². The summed E-state index contributed by atoms with van der Waals surface area (Å²) in [4.78, 5) is 12.9. The van der Waals surface area contributed by atoms with Crippen LogP contribution in [0.4, 0.5) is 0 Å². The minimum absolute atomic E-state index is 0.141. The minimum atomic E-state index is -0.432. The van der Waals surface area contributed by atoms with Gasteiger partial charge in [-0.2, -0.15) is 0 Å². The van der Waals surface area contributed by atoms with Crippen LogP contribution in [0.1, 0.15) is 56.9 Å². The molecule has 140 valence electrons. The zero-order chi connectivity index (χ0) is 17.7. The van der Waals surface area contributed by atoms with Gasteiger partial charge in [-0.1, -0.05) is 19.0 Å². The van der Waals surface area contributed by atoms with Crippen LogP contribution in [0.3, 0.4) is 0 Å². The van der Waals surface area contributed by atoms with Crippen LogP contribution in [0.15, 0.2) is 10.6 Å². The van der Waals surface area contributed by atoms with Crippen molar-refractivity contribution < 1.29 is 14.1 Å². The van der Waals surface area contributed by atoms with Crippen LogP contribution in [0, 0.1) is 11.3 Å². The third-order valence-corrected chi connectivity index (χ3v) is 5.40. The molecule has 1 amide bonds. The highest BCUT2D eigenvalue weighted by atomic mass is 16.5. The first-order chi connectivity index (χ1) is 12.1. The maximum Gasteiger partial charge on any atom is 0.227 e. The summed E-state index contributed by atoms with van der Waals surface area (Å²) in [5, 5.41) is 10.8. The summed E-state index contributed by atoms with van der Waals surface area (Å²) in [5.74, 6) is 1.87. The summed E-state index contributed by atoms with van der Waals surface area (Å²) in [5.41, 5.74) is 0.532. The molecule has 2 N–H and O–H groups in total. The smallest absolute Gasteiger partial charge is 0.227 e. The minimum Gasteiger partial charge on any atom is -0.381 e. The van der Waals surface area contributed by atoms with Crippen molar-refractivity contribution in [3.05, 3.63) is 17.5 Å². The second kappa shape index (κ2) is 8.32. The van der Waals surface area contributed by atoms with Crippen molar-refractivity contribution in [2.45, 2.75) is 51.9 Å². The number of rotatable bonds is 7. The van der Waals surface area contributed by atoms with Gasteiger partial charge in [0.05, 0.1) is 17.7 Å². The molecule has 0 bridgehead atoms. The van der Waals surface area contributed by atoms with Gasteiger partial charge in [0.15, 0.2) is 0 Å². The molecule has 2 aliphatic heterocycles. The van der Waals surface area contributed by atoms with Gasteiger partial charge in [-0.3, -0.25) is 4.79 Å². The molecule has 2 fully saturated rings. The van der Waals surface area contributed by atoms with Gasteiger partial charge in [0, 0.05) is 38.1 Å². The quantitative estimate of drug-likeness (QED) is 0.790. The number of amides is 1. The lowest BCUT2D eigenvalue weighted by molar-refractivity contribution is -0.132. The fourth-order valence-electron chi connectivity index (χ4n) is 3.76. The van der Waals surface area contributed by atoms with E-state index in [-0.39, 0.29) is 5.91 Å². The standard InChI is InChI=1S/C19H31N3O3/c1-14(2)4-8-21-18(23)19(6-3-7-20-13-19)11-16-10-17(22-25-16)15-5-9-24-12-15/h10,14-15,20H,3-9,11-13H2,1-2H3,(H,21,23)/t15-,19+/m1/s1. The van der Waals surface area contributed by atoms with E-state index in [4.69, 9.17) is 9.26 Å². The number of carbonyl (C=O) groups excluding carboxylic acids is 1. The first kappa shape index (κ1) is 18.4. The van der Waals surface area contributed by atoms with Gasteiger partial charge >= 0.3 is 0 Å². The Morgan fingerprint density at radius 1 is 1.52 bits per heavy atom. The van der Waals surface area contributed by atoms with E-state index in [0.29, 0.717) is 31.4 Å². The van der Waals surface area contributed by atoms with E-state index >= 15 is 0 Å². The molecule has 2 saturated heterocycles. The van der Waals surface area contributed by atoms with E-state index in [2.05, 4.69) is 29.6 Å². The van der Waals surface area contributed by atoms with Crippen LogP contribution in [0.5, 0.6) is 0 Å². The molecule has 1 aromatic heterocycles. The molecule has 0 radical (unpaired) electrons. The Balaban J connectivity index is 1.66. The number of ether oxygens (including phenoxy) is 1. The molecule has 25 heavy (non-hydrogen) atoms. The average molecular weight is 349 g/mol. The summed E-state index contributed by atoms with van der Waals surface area (Å²) in [6.07, 6.45) is 4.50. The van der Waals surface area contributed by atoms with Crippen LogP contribution in [-0.4, -0.2) is 43.9 Å². The molecule has 0 aromatic carbocycles. The maximum absolute atomic E-state index is 12.9. The Bertz CT molecular complexity index is 558. The number of carbonyl (C=O) groups is 1. The van der Waals surface area contributed by atoms with Crippen molar-refractivity contribution in [3.8, 4) is 0 Å². The van der Waals surface area contributed by atoms with Gasteiger partial charge in [-0.05, 0) is 38.1 Å². The van der Waals surface area contributed by atoms with E-state index in [1.165, 1.54) is 0 Å². The van der Waals surface area contributed by atoms with Gasteiger partial charge in [0.1, 0.15) is 5.76 Å². The van der Waals surface area contributed by atoms with E-state index in [9.17, 15) is 4.79 Å². The van der Waals surface area contributed by atoms with Crippen molar-refractivity contribution in [2.24, 2.45) is 11.3 Å². The molecule has 0 saturated carbocycles. The Morgan fingerprint density at radius 2 is 2.40 bits per heavy atom. The molecule has 6 heteroatoms. The lowest BCUT2D eigenvalue weighted by atomic mass is 9.76. The van der Waals surface area contributed by atoms with Gasteiger partial charge in [-0.15, -0.1) is 0 Å². The Morgan fingerprint density at radius 3 is 3.08 bits per heavy atom. The Hall–Kier alpha value is -1.40. The molecule has 0 spiro atoms. The summed E-state index contributed by atoms with van der Waals surface area (Å²) < 4.78 is 11.0. The molecule has 0 aliphatic carbocycles. The van der Waals surface area contributed by atoms with Crippen molar-refractivity contribution in [2.75, 3.05) is 32.8 Å². The Labute approximate surface area is 150 Å². The second-order valence-electron chi connectivity index (χ2n) is 7.95. The average Bonchev–Trinajstić information content (AvgIpc) is 3.26. The molecule has 3 heterocycles. The second-order valence-corrected chi connectivity index (χ2v) is 7.95. The van der Waals surface area contributed by atoms with Gasteiger partial charge in [-0.25, -0.2) is 0 Å². The largest absolute Gasteiger partial charge is 0.381 e. The van der Waals surface area contributed by atoms with Gasteiger partial charge < -0.3 is 19.9 Å². The van der Waals surface area contributed by atoms with Crippen LogP contribution in [0.25, 0.3) is 0 Å². The molecule has 0 unspecified atom stereocenters. The monoisotopic (exact) mass is 349 g/mol. The molecule has 2 aliphatic rings. The van der Waals surface area contributed by atoms with Crippen molar-refractivity contribution in [1.29, 1.82) is 0 Å². The highest BCUT2D eigenvalue weighted by Crippen LogP contribution is 2.33. The fourth-order valence-corrected chi connectivity index (χ4v) is 3.76. The van der Waals surface area contributed by atoms with E-state index in [0.717, 1.165) is 56.8 Å². The highest BCUT2D eigenvalue weighted by Gasteiger charge is 2.41. The Kier molecular flexibility index (Phi) is 6.12. The SMILES string of the molecule is CC(C)CCNC(=O)[C@]1(Cc2cc([C@@H]3CCOC3)no2)CCCNC1. The van der Waals surface area contributed by atoms with E-state index in [1.807, 2.05) is 6.07 Å². The number of nitrogens with one attached hydrogen (secondary N) is 2. The van der Waals surface area contributed by atoms with E-state index in [1.54, 1.807) is 0 Å². The predicted molar refractivity (Wildman–Crippen MR) is 95.4 cm³/mol. The van der Waals surface area contributed by atoms with Crippen LogP contribution in [-0.2, 0) is 16.0 Å². The normalized spacial score (nSPS) is 26.9. The fraction of sp³-hybridized carbons (Fsp3) is 0.789. The summed E-state index contributed by atoms with van der Waals surface area (Å²) in [6.45, 7) is 8.26. The number of hydrogen-bond donors (Lipinski definition) is 2. The third kappa shape index (κ3) is 4.61. The first-order valence-corrected chi connectivity index (χ1v) is 9.61. The van der Waals surface area contributed by atoms with Crippen molar-refractivity contribution in [3.63, 3.8) is 0 Å². The van der Waals surface area contributed by atoms with Gasteiger partial charge in [0.25, 0.3) is 0 Å². The lowest BCUT2D eigenvalue weighted by Gasteiger charge is -2.35. The van der Waals surface area contributed by atoms with Crippen LogP contribution >= 0.6 is 0 Å². The summed E-state index contributed by atoms with van der Waals surface area (Å²) in [6, 6.07) is 2.02. The third-order valence-electron chi connectivity index (χ3n) is 5.40.